The molecule has 0 radical (unpaired) electrons. The van der Waals surface area contributed by atoms with Gasteiger partial charge in [-0.1, -0.05) is 11.3 Å². The number of amides is 3. The Balaban J connectivity index is 1.44. The number of rotatable bonds is 8. The monoisotopic (exact) mass is 513 g/mol. The van der Waals surface area contributed by atoms with Gasteiger partial charge in [-0.25, -0.2) is 14.4 Å². The van der Waals surface area contributed by atoms with Gasteiger partial charge in [0, 0.05) is 5.69 Å². The summed E-state index contributed by atoms with van der Waals surface area (Å²) in [5, 5.41) is 17.5. The normalized spacial score (nSPS) is 13.1. The van der Waals surface area contributed by atoms with Crippen LogP contribution in [0.4, 0.5) is 21.0 Å². The average molecular weight is 514 g/mol. The van der Waals surface area contributed by atoms with Crippen LogP contribution in [0.15, 0.2) is 36.7 Å². The van der Waals surface area contributed by atoms with Gasteiger partial charge in [-0.3, -0.25) is 19.7 Å². The Morgan fingerprint density at radius 3 is 2.47 bits per heavy atom. The van der Waals surface area contributed by atoms with E-state index in [2.05, 4.69) is 25.9 Å². The predicted octanol–water partition coefficient (Wildman–Crippen LogP) is 3.74. The minimum Gasteiger partial charge on any atom is -0.489 e. The van der Waals surface area contributed by atoms with E-state index in [1.807, 2.05) is 0 Å². The highest BCUT2D eigenvalue weighted by Crippen LogP contribution is 2.27. The molecular weight excluding hydrogens is 489 g/mol. The second kappa shape index (κ2) is 9.99. The first-order valence-electron chi connectivity index (χ1n) is 11.0. The smallest absolute Gasteiger partial charge is 0.267 e. The van der Waals surface area contributed by atoms with Crippen molar-refractivity contribution in [3.8, 4) is 5.75 Å². The fourth-order valence-electron chi connectivity index (χ4n) is 2.94. The molecule has 1 aromatic carbocycles. The number of carbonyl (C=O) groups excluding carboxylic acids is 3. The molecule has 2 heterocycles. The van der Waals surface area contributed by atoms with E-state index in [1.54, 1.807) is 19.1 Å². The van der Waals surface area contributed by atoms with Crippen LogP contribution in [0, 0.1) is 12.7 Å². The molecule has 0 bridgehead atoms. The molecule has 188 valence electrons. The number of hydrogen-bond donors (Lipinski definition) is 4. The number of ether oxygens (including phenoxy) is 1. The zero-order valence-electron chi connectivity index (χ0n) is 19.7. The van der Waals surface area contributed by atoms with Gasteiger partial charge in [0.05, 0.1) is 24.1 Å². The number of thiazole rings is 1. The molecule has 0 atom stereocenters. The van der Waals surface area contributed by atoms with Crippen LogP contribution in [-0.4, -0.2) is 44.5 Å². The van der Waals surface area contributed by atoms with Crippen LogP contribution >= 0.6 is 11.3 Å². The molecule has 2 aromatic heterocycles. The first-order chi connectivity index (χ1) is 17.0. The van der Waals surface area contributed by atoms with Crippen molar-refractivity contribution in [1.82, 2.24) is 9.97 Å². The standard InChI is InChI=1S/C24H24FN5O5S/c1-12-8-16(25)15(20(31)29-19-7-6-14(10-26-19)35-13-4-5-13)9-17(12)28-21(32)18-11-27-23(36-18)30-22(33)24(2,3)34/h6-11,13,34H,4-5H2,1-3H3,(H,28,32)(H,26,29,31)(H,27,30,33). The Morgan fingerprint density at radius 1 is 1.08 bits per heavy atom. The summed E-state index contributed by atoms with van der Waals surface area (Å²) in [6.07, 6.45) is 4.97. The molecule has 10 nitrogen and oxygen atoms in total. The van der Waals surface area contributed by atoms with E-state index in [1.165, 1.54) is 32.3 Å². The topological polar surface area (TPSA) is 143 Å². The summed E-state index contributed by atoms with van der Waals surface area (Å²) in [4.78, 5) is 45.6. The van der Waals surface area contributed by atoms with Crippen LogP contribution in [0.3, 0.4) is 0 Å². The maximum Gasteiger partial charge on any atom is 0.267 e. The van der Waals surface area contributed by atoms with Gasteiger partial charge in [0.2, 0.25) is 0 Å². The number of pyridine rings is 1. The number of nitrogens with one attached hydrogen (secondary N) is 3. The zero-order chi connectivity index (χ0) is 26.0. The molecule has 3 amide bonds. The maximum atomic E-state index is 14.6. The molecule has 1 aliphatic carbocycles. The van der Waals surface area contributed by atoms with Crippen molar-refractivity contribution in [3.63, 3.8) is 0 Å². The minimum absolute atomic E-state index is 0.129. The third-order valence-electron chi connectivity index (χ3n) is 5.12. The summed E-state index contributed by atoms with van der Waals surface area (Å²) in [5.41, 5.74) is -1.27. The SMILES string of the molecule is Cc1cc(F)c(C(=O)Nc2ccc(OC3CC3)cn2)cc1NC(=O)c1cnc(NC(=O)C(C)(C)O)s1. The lowest BCUT2D eigenvalue weighted by molar-refractivity contribution is -0.130. The lowest BCUT2D eigenvalue weighted by Crippen LogP contribution is -2.36. The maximum absolute atomic E-state index is 14.6. The van der Waals surface area contributed by atoms with Crippen molar-refractivity contribution in [2.24, 2.45) is 0 Å². The van der Waals surface area contributed by atoms with Crippen LogP contribution in [0.5, 0.6) is 5.75 Å². The molecule has 0 aliphatic heterocycles. The Labute approximate surface area is 209 Å². The lowest BCUT2D eigenvalue weighted by Gasteiger charge is -2.14. The van der Waals surface area contributed by atoms with Crippen molar-refractivity contribution in [2.75, 3.05) is 16.0 Å². The van der Waals surface area contributed by atoms with Gasteiger partial charge in [0.1, 0.15) is 27.9 Å². The second-order valence-corrected chi connectivity index (χ2v) is 9.83. The van der Waals surface area contributed by atoms with Gasteiger partial charge in [0.25, 0.3) is 17.7 Å². The zero-order valence-corrected chi connectivity index (χ0v) is 20.5. The van der Waals surface area contributed by atoms with Crippen molar-refractivity contribution in [1.29, 1.82) is 0 Å². The van der Waals surface area contributed by atoms with Crippen LogP contribution in [0.25, 0.3) is 0 Å². The molecule has 0 unspecified atom stereocenters. The molecule has 0 saturated heterocycles. The molecule has 3 aromatic rings. The summed E-state index contributed by atoms with van der Waals surface area (Å²) < 4.78 is 20.2. The number of nitrogens with zero attached hydrogens (tertiary/aromatic N) is 2. The number of aromatic nitrogens is 2. The lowest BCUT2D eigenvalue weighted by atomic mass is 10.1. The molecule has 4 N–H and O–H groups in total. The number of hydrogen-bond acceptors (Lipinski definition) is 8. The van der Waals surface area contributed by atoms with Crippen molar-refractivity contribution in [3.05, 3.63) is 58.5 Å². The van der Waals surface area contributed by atoms with Crippen molar-refractivity contribution in [2.45, 2.75) is 45.3 Å². The number of aryl methyl sites for hydroxylation is 1. The van der Waals surface area contributed by atoms with Crippen molar-refractivity contribution >= 4 is 45.7 Å². The van der Waals surface area contributed by atoms with Gasteiger partial charge < -0.3 is 20.5 Å². The second-order valence-electron chi connectivity index (χ2n) is 8.79. The van der Waals surface area contributed by atoms with Crippen LogP contribution < -0.4 is 20.7 Å². The number of carbonyl (C=O) groups is 3. The van der Waals surface area contributed by atoms with E-state index in [0.717, 1.165) is 30.2 Å². The first kappa shape index (κ1) is 25.2. The van der Waals surface area contributed by atoms with Gasteiger partial charge >= 0.3 is 0 Å². The molecule has 12 heteroatoms. The largest absolute Gasteiger partial charge is 0.489 e. The quantitative estimate of drug-likeness (QED) is 0.359. The van der Waals surface area contributed by atoms with E-state index in [9.17, 15) is 23.9 Å². The Bertz CT molecular complexity index is 1320. The van der Waals surface area contributed by atoms with Gasteiger partial charge in [0.15, 0.2) is 5.13 Å². The highest BCUT2D eigenvalue weighted by molar-refractivity contribution is 7.17. The number of benzene rings is 1. The van der Waals surface area contributed by atoms with Crippen LogP contribution in [0.2, 0.25) is 0 Å². The fraction of sp³-hybridized carbons (Fsp3) is 0.292. The summed E-state index contributed by atoms with van der Waals surface area (Å²) in [5.74, 6) is -1.92. The summed E-state index contributed by atoms with van der Waals surface area (Å²) in [6.45, 7) is 4.23. The Morgan fingerprint density at radius 2 is 1.83 bits per heavy atom. The molecular formula is C24H24FN5O5S. The Hall–Kier alpha value is -3.90. The van der Waals surface area contributed by atoms with Crippen LogP contribution in [-0.2, 0) is 4.79 Å². The van der Waals surface area contributed by atoms with Gasteiger partial charge in [-0.15, -0.1) is 0 Å². The molecule has 1 aliphatic rings. The van der Waals surface area contributed by atoms with E-state index in [0.29, 0.717) is 11.3 Å². The van der Waals surface area contributed by atoms with Crippen molar-refractivity contribution < 1.29 is 28.6 Å². The number of anilines is 3. The highest BCUT2D eigenvalue weighted by atomic mass is 32.1. The van der Waals surface area contributed by atoms with E-state index in [-0.39, 0.29) is 33.2 Å². The Kier molecular flexibility index (Phi) is 7.00. The fourth-order valence-corrected chi connectivity index (χ4v) is 3.64. The molecule has 1 saturated carbocycles. The summed E-state index contributed by atoms with van der Waals surface area (Å²) in [6, 6.07) is 5.61. The molecule has 36 heavy (non-hydrogen) atoms. The molecule has 1 fully saturated rings. The van der Waals surface area contributed by atoms with E-state index >= 15 is 0 Å². The number of halogens is 1. The van der Waals surface area contributed by atoms with E-state index in [4.69, 9.17) is 4.74 Å². The van der Waals surface area contributed by atoms with Crippen LogP contribution in [0.1, 0.15) is 52.3 Å². The third-order valence-corrected chi connectivity index (χ3v) is 6.03. The summed E-state index contributed by atoms with van der Waals surface area (Å²) >= 11 is 0.896. The van der Waals surface area contributed by atoms with E-state index < -0.39 is 29.1 Å². The number of aliphatic hydroxyl groups is 1. The summed E-state index contributed by atoms with van der Waals surface area (Å²) in [7, 11) is 0. The average Bonchev–Trinajstić information content (AvgIpc) is 3.50. The first-order valence-corrected chi connectivity index (χ1v) is 11.9. The molecule has 0 spiro atoms. The predicted molar refractivity (Wildman–Crippen MR) is 132 cm³/mol. The third kappa shape index (κ3) is 6.20. The highest BCUT2D eigenvalue weighted by Gasteiger charge is 2.25. The minimum atomic E-state index is -1.61. The van der Waals surface area contributed by atoms with Gasteiger partial charge in [-0.05, 0) is 63.4 Å². The van der Waals surface area contributed by atoms with Gasteiger partial charge in [-0.2, -0.15) is 0 Å². The molecule has 4 rings (SSSR count).